The normalized spacial score (nSPS) is 10.7. The highest BCUT2D eigenvalue weighted by Gasteiger charge is 2.24. The number of nitrogens with one attached hydrogen (secondary N) is 1. The molecule has 0 fully saturated rings. The summed E-state index contributed by atoms with van der Waals surface area (Å²) in [6.07, 6.45) is 4.98. The molecule has 9 heteroatoms. The lowest BCUT2D eigenvalue weighted by Crippen LogP contribution is -2.14. The standard InChI is InChI=1S/C15H18N4O4S/c1-9(2)18-8-10(7-16-18)17-15(20)11-5-14(24-4)13(23-3)6-12(11)19(21)22/h5-9H,1-4H3,(H,17,20). The number of methoxy groups -OCH3 is 1. The van der Waals surface area contributed by atoms with Crippen LogP contribution < -0.4 is 10.1 Å². The number of hydrogen-bond acceptors (Lipinski definition) is 6. The summed E-state index contributed by atoms with van der Waals surface area (Å²) in [5.74, 6) is -0.207. The lowest BCUT2D eigenvalue weighted by Gasteiger charge is -2.10. The molecule has 1 aromatic carbocycles. The van der Waals surface area contributed by atoms with Crippen LogP contribution in [-0.4, -0.2) is 34.0 Å². The van der Waals surface area contributed by atoms with Crippen molar-refractivity contribution in [2.45, 2.75) is 24.8 Å². The van der Waals surface area contributed by atoms with Crippen molar-refractivity contribution < 1.29 is 14.5 Å². The monoisotopic (exact) mass is 350 g/mol. The minimum absolute atomic E-state index is 0.0255. The summed E-state index contributed by atoms with van der Waals surface area (Å²) in [7, 11) is 1.43. The van der Waals surface area contributed by atoms with E-state index in [0.29, 0.717) is 16.3 Å². The lowest BCUT2D eigenvalue weighted by atomic mass is 10.1. The van der Waals surface area contributed by atoms with Gasteiger partial charge in [-0.15, -0.1) is 11.8 Å². The first-order valence-corrected chi connectivity index (χ1v) is 8.35. The minimum Gasteiger partial charge on any atom is -0.495 e. The Morgan fingerprint density at radius 2 is 2.17 bits per heavy atom. The molecule has 0 unspecified atom stereocenters. The number of carbonyl (C=O) groups excluding carboxylic acids is 1. The first kappa shape index (κ1) is 17.8. The van der Waals surface area contributed by atoms with E-state index < -0.39 is 10.8 Å². The van der Waals surface area contributed by atoms with Gasteiger partial charge < -0.3 is 10.1 Å². The second-order valence-electron chi connectivity index (χ2n) is 5.24. The molecule has 1 N–H and O–H groups in total. The number of nitro groups is 1. The van der Waals surface area contributed by atoms with Crippen molar-refractivity contribution in [2.75, 3.05) is 18.7 Å². The van der Waals surface area contributed by atoms with E-state index in [1.165, 1.54) is 37.2 Å². The minimum atomic E-state index is -0.598. The molecule has 0 spiro atoms. The third-order valence-electron chi connectivity index (χ3n) is 3.33. The number of nitrogens with zero attached hydrogens (tertiary/aromatic N) is 3. The van der Waals surface area contributed by atoms with Crippen LogP contribution in [0.1, 0.15) is 30.2 Å². The van der Waals surface area contributed by atoms with Crippen LogP contribution in [-0.2, 0) is 0 Å². The molecule has 128 valence electrons. The quantitative estimate of drug-likeness (QED) is 0.487. The average Bonchev–Trinajstić information content (AvgIpc) is 3.02. The Morgan fingerprint density at radius 3 is 2.67 bits per heavy atom. The summed E-state index contributed by atoms with van der Waals surface area (Å²) < 4.78 is 6.83. The first-order valence-electron chi connectivity index (χ1n) is 7.13. The summed E-state index contributed by atoms with van der Waals surface area (Å²) in [4.78, 5) is 23.8. The Morgan fingerprint density at radius 1 is 1.46 bits per heavy atom. The van der Waals surface area contributed by atoms with Crippen LogP contribution in [0.5, 0.6) is 5.75 Å². The van der Waals surface area contributed by atoms with E-state index in [0.717, 1.165) is 0 Å². The SMILES string of the molecule is COc1cc([N+](=O)[O-])c(C(=O)Nc2cnn(C(C)C)c2)cc1SC. The number of thioether (sulfide) groups is 1. The van der Waals surface area contributed by atoms with Gasteiger partial charge >= 0.3 is 0 Å². The number of aromatic nitrogens is 2. The molecule has 1 heterocycles. The molecule has 0 saturated carbocycles. The maximum absolute atomic E-state index is 12.5. The Bertz CT molecular complexity index is 773. The highest BCUT2D eigenvalue weighted by molar-refractivity contribution is 7.98. The molecule has 0 atom stereocenters. The number of nitro benzene ring substituents is 1. The van der Waals surface area contributed by atoms with Gasteiger partial charge in [-0.05, 0) is 26.2 Å². The van der Waals surface area contributed by atoms with Crippen LogP contribution in [0, 0.1) is 10.1 Å². The van der Waals surface area contributed by atoms with Gasteiger partial charge in [-0.25, -0.2) is 0 Å². The van der Waals surface area contributed by atoms with Gasteiger partial charge in [-0.2, -0.15) is 5.10 Å². The van der Waals surface area contributed by atoms with Gasteiger partial charge in [0.05, 0.1) is 34.9 Å². The molecule has 0 radical (unpaired) electrons. The average molecular weight is 350 g/mol. The highest BCUT2D eigenvalue weighted by Crippen LogP contribution is 2.34. The smallest absolute Gasteiger partial charge is 0.285 e. The molecule has 8 nitrogen and oxygen atoms in total. The fourth-order valence-corrected chi connectivity index (χ4v) is 2.66. The number of ether oxygens (including phenoxy) is 1. The van der Waals surface area contributed by atoms with Crippen LogP contribution >= 0.6 is 11.8 Å². The van der Waals surface area contributed by atoms with Gasteiger partial charge in [0.1, 0.15) is 11.3 Å². The van der Waals surface area contributed by atoms with Gasteiger partial charge in [-0.3, -0.25) is 19.6 Å². The zero-order chi connectivity index (χ0) is 17.9. The molecule has 24 heavy (non-hydrogen) atoms. The number of hydrogen-bond donors (Lipinski definition) is 1. The van der Waals surface area contributed by atoms with E-state index in [1.807, 2.05) is 13.8 Å². The van der Waals surface area contributed by atoms with Crippen molar-refractivity contribution in [3.8, 4) is 5.75 Å². The molecular weight excluding hydrogens is 332 g/mol. The molecule has 0 aliphatic rings. The summed E-state index contributed by atoms with van der Waals surface area (Å²) in [6, 6.07) is 2.87. The van der Waals surface area contributed by atoms with Crippen molar-refractivity contribution in [3.05, 3.63) is 40.2 Å². The summed E-state index contributed by atoms with van der Waals surface area (Å²) in [5.41, 5.74) is 0.144. The van der Waals surface area contributed by atoms with E-state index in [4.69, 9.17) is 4.74 Å². The predicted octanol–water partition coefficient (Wildman–Crippen LogP) is 3.36. The molecule has 2 aromatic rings. The van der Waals surface area contributed by atoms with E-state index in [1.54, 1.807) is 17.1 Å². The Labute approximate surface area is 143 Å². The van der Waals surface area contributed by atoms with Crippen molar-refractivity contribution in [1.29, 1.82) is 0 Å². The zero-order valence-corrected chi connectivity index (χ0v) is 14.6. The van der Waals surface area contributed by atoms with Gasteiger partial charge in [0.2, 0.25) is 0 Å². The van der Waals surface area contributed by atoms with E-state index in [2.05, 4.69) is 10.4 Å². The van der Waals surface area contributed by atoms with E-state index in [9.17, 15) is 14.9 Å². The maximum atomic E-state index is 12.5. The molecule has 0 saturated heterocycles. The van der Waals surface area contributed by atoms with Crippen LogP contribution in [0.2, 0.25) is 0 Å². The van der Waals surface area contributed by atoms with Crippen molar-refractivity contribution in [2.24, 2.45) is 0 Å². The molecule has 1 amide bonds. The van der Waals surface area contributed by atoms with Crippen molar-refractivity contribution >= 4 is 29.0 Å². The van der Waals surface area contributed by atoms with Gasteiger partial charge in [0.15, 0.2) is 0 Å². The summed E-state index contributed by atoms with van der Waals surface area (Å²) >= 11 is 1.34. The van der Waals surface area contributed by atoms with Crippen LogP contribution in [0.4, 0.5) is 11.4 Å². The zero-order valence-electron chi connectivity index (χ0n) is 13.8. The third kappa shape index (κ3) is 3.67. The lowest BCUT2D eigenvalue weighted by molar-refractivity contribution is -0.385. The molecule has 0 aliphatic carbocycles. The van der Waals surface area contributed by atoms with Gasteiger partial charge in [0, 0.05) is 12.2 Å². The summed E-state index contributed by atoms with van der Waals surface area (Å²) in [6.45, 7) is 3.91. The second kappa shape index (κ2) is 7.35. The number of anilines is 1. The number of benzene rings is 1. The molecule has 1 aromatic heterocycles. The largest absolute Gasteiger partial charge is 0.495 e. The van der Waals surface area contributed by atoms with Crippen molar-refractivity contribution in [3.63, 3.8) is 0 Å². The van der Waals surface area contributed by atoms with Crippen LogP contribution in [0.3, 0.4) is 0 Å². The summed E-state index contributed by atoms with van der Waals surface area (Å²) in [5, 5.41) is 18.1. The van der Waals surface area contributed by atoms with Gasteiger partial charge in [0.25, 0.3) is 11.6 Å². The Hall–Kier alpha value is -2.55. The molecule has 2 rings (SSSR count). The van der Waals surface area contributed by atoms with Crippen LogP contribution in [0.25, 0.3) is 0 Å². The number of amides is 1. The van der Waals surface area contributed by atoms with Crippen molar-refractivity contribution in [1.82, 2.24) is 9.78 Å². The second-order valence-corrected chi connectivity index (χ2v) is 6.09. The van der Waals surface area contributed by atoms with E-state index >= 15 is 0 Å². The molecule has 0 bridgehead atoms. The van der Waals surface area contributed by atoms with E-state index in [-0.39, 0.29) is 17.3 Å². The molecule has 0 aliphatic heterocycles. The number of rotatable bonds is 6. The van der Waals surface area contributed by atoms with Crippen LogP contribution in [0.15, 0.2) is 29.4 Å². The topological polar surface area (TPSA) is 99.3 Å². The van der Waals surface area contributed by atoms with Gasteiger partial charge in [-0.1, -0.05) is 0 Å². The Kier molecular flexibility index (Phi) is 5.45. The fraction of sp³-hybridized carbons (Fsp3) is 0.333. The third-order valence-corrected chi connectivity index (χ3v) is 4.09. The Balaban J connectivity index is 2.37. The number of carbonyl (C=O) groups is 1. The highest BCUT2D eigenvalue weighted by atomic mass is 32.2. The predicted molar refractivity (Wildman–Crippen MR) is 92.0 cm³/mol. The first-order chi connectivity index (χ1) is 11.4. The fourth-order valence-electron chi connectivity index (χ4n) is 2.08. The maximum Gasteiger partial charge on any atom is 0.285 e. The molecular formula is C15H18N4O4S.